The van der Waals surface area contributed by atoms with Crippen LogP contribution < -0.4 is 16.4 Å². The molecule has 7 nitrogen and oxygen atoms in total. The zero-order chi connectivity index (χ0) is 20.1. The lowest BCUT2D eigenvalue weighted by Gasteiger charge is -2.47. The number of furan rings is 1. The van der Waals surface area contributed by atoms with Gasteiger partial charge in [-0.2, -0.15) is 0 Å². The molecule has 7 heteroatoms. The average molecular weight is 395 g/mol. The van der Waals surface area contributed by atoms with Crippen LogP contribution in [0.1, 0.15) is 36.2 Å². The number of nitrogens with one attached hydrogen (secondary N) is 2. The minimum absolute atomic E-state index is 0.280. The monoisotopic (exact) mass is 395 g/mol. The van der Waals surface area contributed by atoms with Crippen molar-refractivity contribution < 1.29 is 18.7 Å². The Kier molecular flexibility index (Phi) is 4.08. The van der Waals surface area contributed by atoms with Crippen LogP contribution in [0, 0.1) is 5.41 Å². The predicted octanol–water partition coefficient (Wildman–Crippen LogP) is 1.83. The molecule has 3 aliphatic heterocycles. The van der Waals surface area contributed by atoms with E-state index in [0.29, 0.717) is 19.4 Å². The molecule has 152 valence electrons. The molecule has 4 aliphatic rings. The zero-order valence-electron chi connectivity index (χ0n) is 16.2. The average Bonchev–Trinajstić information content (AvgIpc) is 3.36. The van der Waals surface area contributed by atoms with E-state index in [1.165, 1.54) is 6.26 Å². The number of carbonyl (C=O) groups is 2. The number of primary amides is 1. The van der Waals surface area contributed by atoms with Crippen molar-refractivity contribution in [2.45, 2.75) is 36.9 Å². The molecule has 2 bridgehead atoms. The molecule has 2 amide bonds. The second-order valence-corrected chi connectivity index (χ2v) is 8.54. The number of hydrogen-bond acceptors (Lipinski definition) is 5. The molecule has 1 aliphatic carbocycles. The Morgan fingerprint density at radius 2 is 1.83 bits per heavy atom. The van der Waals surface area contributed by atoms with E-state index in [2.05, 4.69) is 10.6 Å². The van der Waals surface area contributed by atoms with Crippen LogP contribution in [0.2, 0.25) is 0 Å². The number of piperidine rings is 1. The van der Waals surface area contributed by atoms with Crippen LogP contribution in [-0.4, -0.2) is 42.7 Å². The third kappa shape index (κ3) is 2.64. The summed E-state index contributed by atoms with van der Waals surface area (Å²) in [4.78, 5) is 25.2. The fourth-order valence-electron chi connectivity index (χ4n) is 5.58. The van der Waals surface area contributed by atoms with Gasteiger partial charge in [-0.3, -0.25) is 9.59 Å². The highest BCUT2D eigenvalue weighted by Gasteiger charge is 2.77. The summed E-state index contributed by atoms with van der Waals surface area (Å²) in [7, 11) is 0. The second-order valence-electron chi connectivity index (χ2n) is 8.54. The lowest BCUT2D eigenvalue weighted by atomic mass is 9.53. The molecule has 0 radical (unpaired) electrons. The first-order chi connectivity index (χ1) is 14.0. The van der Waals surface area contributed by atoms with Gasteiger partial charge in [-0.05, 0) is 50.4 Å². The van der Waals surface area contributed by atoms with Gasteiger partial charge >= 0.3 is 0 Å². The van der Waals surface area contributed by atoms with E-state index in [9.17, 15) is 9.59 Å². The number of benzene rings is 1. The highest BCUT2D eigenvalue weighted by molar-refractivity contribution is 5.98. The van der Waals surface area contributed by atoms with E-state index in [4.69, 9.17) is 14.9 Å². The Hall–Kier alpha value is -2.64. The summed E-state index contributed by atoms with van der Waals surface area (Å²) < 4.78 is 12.0. The maximum atomic E-state index is 12.8. The third-order valence-electron chi connectivity index (χ3n) is 6.94. The minimum atomic E-state index is -0.611. The van der Waals surface area contributed by atoms with E-state index < -0.39 is 16.6 Å². The second kappa shape index (κ2) is 6.43. The molecule has 1 aromatic carbocycles. The van der Waals surface area contributed by atoms with Crippen LogP contribution in [0.3, 0.4) is 0 Å². The summed E-state index contributed by atoms with van der Waals surface area (Å²) in [5.41, 5.74) is 5.84. The van der Waals surface area contributed by atoms with Gasteiger partial charge in [0.2, 0.25) is 5.91 Å². The van der Waals surface area contributed by atoms with Crippen molar-refractivity contribution in [2.24, 2.45) is 11.1 Å². The molecular weight excluding hydrogens is 370 g/mol. The molecule has 4 heterocycles. The van der Waals surface area contributed by atoms with E-state index in [-0.39, 0.29) is 17.6 Å². The topological polar surface area (TPSA) is 107 Å². The van der Waals surface area contributed by atoms with Crippen molar-refractivity contribution in [1.29, 1.82) is 0 Å². The molecule has 6 rings (SSSR count). The summed E-state index contributed by atoms with van der Waals surface area (Å²) in [6.45, 7) is 1.96. The molecule has 1 spiro atoms. The highest BCUT2D eigenvalue weighted by Crippen LogP contribution is 2.68. The molecule has 0 unspecified atom stereocenters. The molecular formula is C22H25N3O4. The lowest BCUT2D eigenvalue weighted by Crippen LogP contribution is -2.60. The number of carbonyl (C=O) groups excluding carboxylic acids is 2. The van der Waals surface area contributed by atoms with Crippen LogP contribution in [0.5, 0.6) is 0 Å². The first-order valence-electron chi connectivity index (χ1n) is 10.1. The normalized spacial score (nSPS) is 29.4. The third-order valence-corrected chi connectivity index (χ3v) is 6.94. The van der Waals surface area contributed by atoms with Crippen molar-refractivity contribution >= 4 is 11.8 Å². The van der Waals surface area contributed by atoms with Crippen molar-refractivity contribution in [3.8, 4) is 11.1 Å². The maximum Gasteiger partial charge on any atom is 0.287 e. The van der Waals surface area contributed by atoms with Crippen molar-refractivity contribution in [2.75, 3.05) is 19.6 Å². The molecule has 4 N–H and O–H groups in total. The number of ether oxygens (including phenoxy) is 1. The minimum Gasteiger partial charge on any atom is -0.459 e. The SMILES string of the molecule is NC(=O)C12CC(CNC(=O)c3occc3-c3ccccc3)(C1)OC21CCNCC1. The smallest absolute Gasteiger partial charge is 0.287 e. The highest BCUT2D eigenvalue weighted by atomic mass is 16.5. The van der Waals surface area contributed by atoms with Gasteiger partial charge < -0.3 is 25.5 Å². The van der Waals surface area contributed by atoms with Crippen molar-refractivity contribution in [1.82, 2.24) is 10.6 Å². The van der Waals surface area contributed by atoms with Gasteiger partial charge in [0.05, 0.1) is 22.9 Å². The van der Waals surface area contributed by atoms with Crippen LogP contribution in [-0.2, 0) is 9.53 Å². The first kappa shape index (κ1) is 18.4. The summed E-state index contributed by atoms with van der Waals surface area (Å²) in [6.07, 6.45) is 4.19. The van der Waals surface area contributed by atoms with E-state index >= 15 is 0 Å². The van der Waals surface area contributed by atoms with Gasteiger partial charge in [0, 0.05) is 12.1 Å². The summed E-state index contributed by atoms with van der Waals surface area (Å²) in [5, 5.41) is 6.29. The summed E-state index contributed by atoms with van der Waals surface area (Å²) in [6, 6.07) is 11.4. The first-order valence-corrected chi connectivity index (χ1v) is 10.1. The van der Waals surface area contributed by atoms with E-state index in [1.54, 1.807) is 6.07 Å². The van der Waals surface area contributed by atoms with Crippen LogP contribution in [0.25, 0.3) is 11.1 Å². The van der Waals surface area contributed by atoms with Gasteiger partial charge in [0.15, 0.2) is 5.76 Å². The number of amides is 2. The van der Waals surface area contributed by atoms with Gasteiger partial charge in [-0.25, -0.2) is 0 Å². The summed E-state index contributed by atoms with van der Waals surface area (Å²) in [5.74, 6) is -0.284. The Balaban J connectivity index is 1.32. The largest absolute Gasteiger partial charge is 0.459 e. The van der Waals surface area contributed by atoms with E-state index in [1.807, 2.05) is 30.3 Å². The molecule has 1 aromatic heterocycles. The molecule has 1 saturated carbocycles. The Labute approximate surface area is 169 Å². The predicted molar refractivity (Wildman–Crippen MR) is 106 cm³/mol. The molecule has 29 heavy (non-hydrogen) atoms. The van der Waals surface area contributed by atoms with Crippen LogP contribution >= 0.6 is 0 Å². The van der Waals surface area contributed by atoms with Gasteiger partial charge in [-0.15, -0.1) is 0 Å². The zero-order valence-corrected chi connectivity index (χ0v) is 16.2. The fourth-order valence-corrected chi connectivity index (χ4v) is 5.58. The number of hydrogen-bond donors (Lipinski definition) is 3. The van der Waals surface area contributed by atoms with Crippen LogP contribution in [0.15, 0.2) is 47.1 Å². The van der Waals surface area contributed by atoms with Crippen LogP contribution in [0.4, 0.5) is 0 Å². The van der Waals surface area contributed by atoms with Gasteiger partial charge in [0.25, 0.3) is 5.91 Å². The van der Waals surface area contributed by atoms with Crippen molar-refractivity contribution in [3.63, 3.8) is 0 Å². The summed E-state index contributed by atoms with van der Waals surface area (Å²) >= 11 is 0. The van der Waals surface area contributed by atoms with Gasteiger partial charge in [0.1, 0.15) is 0 Å². The number of rotatable bonds is 5. The molecule has 0 atom stereocenters. The maximum absolute atomic E-state index is 12.8. The Bertz CT molecular complexity index is 940. The Morgan fingerprint density at radius 3 is 2.52 bits per heavy atom. The van der Waals surface area contributed by atoms with Crippen molar-refractivity contribution in [3.05, 3.63) is 48.4 Å². The quantitative estimate of drug-likeness (QED) is 0.716. The standard InChI is InChI=1S/C22H25N3O4/c23-19(27)21-12-20(13-21,29-22(21)7-9-24-10-8-22)14-25-18(26)17-16(6-11-28-17)15-4-2-1-3-5-15/h1-6,11,24H,7-10,12-14H2,(H2,23,27)(H,25,26). The molecule has 3 saturated heterocycles. The molecule has 4 fully saturated rings. The van der Waals surface area contributed by atoms with Gasteiger partial charge in [-0.1, -0.05) is 30.3 Å². The van der Waals surface area contributed by atoms with E-state index in [0.717, 1.165) is 37.1 Å². The fraction of sp³-hybridized carbons (Fsp3) is 0.455. The number of nitrogens with two attached hydrogens (primary N) is 1. The lowest BCUT2D eigenvalue weighted by molar-refractivity contribution is -0.137. The Morgan fingerprint density at radius 1 is 1.10 bits per heavy atom. The molecule has 2 aromatic rings.